The number of anilines is 1. The lowest BCUT2D eigenvalue weighted by Crippen LogP contribution is -2.12. The number of carbonyl (C=O) groups excluding carboxylic acids is 1. The van der Waals surface area contributed by atoms with Crippen molar-refractivity contribution in [2.24, 2.45) is 0 Å². The number of carbonyl (C=O) groups is 1. The third-order valence-electron chi connectivity index (χ3n) is 3.69. The van der Waals surface area contributed by atoms with Crippen molar-refractivity contribution in [2.45, 2.75) is 25.7 Å². The number of aryl methyl sites for hydroxylation is 1. The van der Waals surface area contributed by atoms with Gasteiger partial charge in [-0.1, -0.05) is 0 Å². The molecule has 1 aromatic heterocycles. The van der Waals surface area contributed by atoms with E-state index in [-0.39, 0.29) is 5.56 Å². The summed E-state index contributed by atoms with van der Waals surface area (Å²) in [7, 11) is 0. The minimum atomic E-state index is -1.07. The molecule has 0 bridgehead atoms. The van der Waals surface area contributed by atoms with Gasteiger partial charge in [-0.25, -0.2) is 8.78 Å². The fourth-order valence-corrected chi connectivity index (χ4v) is 3.82. The molecule has 6 heteroatoms. The molecule has 112 valence electrons. The summed E-state index contributed by atoms with van der Waals surface area (Å²) in [5.74, 6) is -2.62. The molecule has 3 nitrogen and oxygen atoms in total. The lowest BCUT2D eigenvalue weighted by Gasteiger charge is -2.09. The van der Waals surface area contributed by atoms with Gasteiger partial charge in [-0.05, 0) is 49.4 Å². The van der Waals surface area contributed by atoms with Crippen LogP contribution < -0.4 is 5.32 Å². The maximum Gasteiger partial charge on any atom is 0.256 e. The molecule has 1 heterocycles. The Morgan fingerprint density at radius 1 is 1.23 bits per heavy atom. The van der Waals surface area contributed by atoms with E-state index in [9.17, 15) is 18.8 Å². The van der Waals surface area contributed by atoms with E-state index in [0.717, 1.165) is 48.3 Å². The zero-order valence-electron chi connectivity index (χ0n) is 11.6. The summed E-state index contributed by atoms with van der Waals surface area (Å²) < 4.78 is 26.1. The number of halogens is 2. The van der Waals surface area contributed by atoms with E-state index in [1.54, 1.807) is 0 Å². The molecule has 0 aliphatic heterocycles. The van der Waals surface area contributed by atoms with E-state index in [0.29, 0.717) is 10.6 Å². The van der Waals surface area contributed by atoms with E-state index in [4.69, 9.17) is 0 Å². The Bertz CT molecular complexity index is 792. The molecule has 1 amide bonds. The Hall–Kier alpha value is -2.26. The van der Waals surface area contributed by atoms with Crippen LogP contribution in [0.5, 0.6) is 0 Å². The number of fused-ring (bicyclic) bond motifs is 1. The van der Waals surface area contributed by atoms with Crippen molar-refractivity contribution in [3.05, 3.63) is 51.4 Å². The van der Waals surface area contributed by atoms with Gasteiger partial charge >= 0.3 is 0 Å². The van der Waals surface area contributed by atoms with Crippen LogP contribution in [0.4, 0.5) is 13.8 Å². The zero-order valence-corrected chi connectivity index (χ0v) is 12.4. The molecule has 0 spiro atoms. The van der Waals surface area contributed by atoms with Crippen molar-refractivity contribution in [3.63, 3.8) is 0 Å². The number of amides is 1. The first-order valence-electron chi connectivity index (χ1n) is 6.91. The normalized spacial score (nSPS) is 13.3. The third-order valence-corrected chi connectivity index (χ3v) is 4.90. The van der Waals surface area contributed by atoms with Gasteiger partial charge in [0, 0.05) is 10.4 Å². The predicted molar refractivity (Wildman–Crippen MR) is 80.0 cm³/mol. The van der Waals surface area contributed by atoms with Gasteiger partial charge in [-0.3, -0.25) is 4.79 Å². The Kier molecular flexibility index (Phi) is 3.90. The van der Waals surface area contributed by atoms with Crippen molar-refractivity contribution < 1.29 is 13.6 Å². The summed E-state index contributed by atoms with van der Waals surface area (Å²) >= 11 is 1.39. The van der Waals surface area contributed by atoms with Gasteiger partial charge in [-0.15, -0.1) is 11.3 Å². The molecule has 0 saturated carbocycles. The van der Waals surface area contributed by atoms with E-state index >= 15 is 0 Å². The van der Waals surface area contributed by atoms with Gasteiger partial charge in [0.15, 0.2) is 11.6 Å². The molecule has 0 fully saturated rings. The van der Waals surface area contributed by atoms with Gasteiger partial charge in [0.05, 0.1) is 5.56 Å². The molecule has 0 unspecified atom stereocenters. The Morgan fingerprint density at radius 3 is 2.73 bits per heavy atom. The van der Waals surface area contributed by atoms with Crippen molar-refractivity contribution in [2.75, 3.05) is 5.32 Å². The van der Waals surface area contributed by atoms with Gasteiger partial charge in [-0.2, -0.15) is 5.26 Å². The first-order valence-corrected chi connectivity index (χ1v) is 7.73. The number of hydrogen-bond acceptors (Lipinski definition) is 3. The van der Waals surface area contributed by atoms with Crippen LogP contribution in [0.2, 0.25) is 0 Å². The molecule has 1 N–H and O–H groups in total. The largest absolute Gasteiger partial charge is 0.312 e. The second kappa shape index (κ2) is 5.85. The fraction of sp³-hybridized carbons (Fsp3) is 0.250. The number of benzene rings is 1. The van der Waals surface area contributed by atoms with Crippen molar-refractivity contribution in [3.8, 4) is 6.07 Å². The molecular weight excluding hydrogens is 306 g/mol. The highest BCUT2D eigenvalue weighted by molar-refractivity contribution is 7.16. The van der Waals surface area contributed by atoms with Crippen LogP contribution in [0.3, 0.4) is 0 Å². The first kappa shape index (κ1) is 14.7. The molecule has 22 heavy (non-hydrogen) atoms. The highest BCUT2D eigenvalue weighted by Gasteiger charge is 2.22. The lowest BCUT2D eigenvalue weighted by molar-refractivity contribution is 0.102. The van der Waals surface area contributed by atoms with Crippen LogP contribution in [0, 0.1) is 23.0 Å². The highest BCUT2D eigenvalue weighted by atomic mass is 32.1. The van der Waals surface area contributed by atoms with Gasteiger partial charge in [0.25, 0.3) is 5.91 Å². The quantitative estimate of drug-likeness (QED) is 0.909. The minimum absolute atomic E-state index is 0.0224. The monoisotopic (exact) mass is 318 g/mol. The zero-order chi connectivity index (χ0) is 15.7. The average Bonchev–Trinajstić information content (AvgIpc) is 2.86. The third kappa shape index (κ3) is 2.60. The Balaban J connectivity index is 1.89. The van der Waals surface area contributed by atoms with Crippen LogP contribution in [0.25, 0.3) is 0 Å². The molecule has 2 aromatic rings. The van der Waals surface area contributed by atoms with E-state index in [2.05, 4.69) is 11.4 Å². The number of hydrogen-bond donors (Lipinski definition) is 1. The maximum atomic E-state index is 13.2. The molecule has 1 aliphatic carbocycles. The summed E-state index contributed by atoms with van der Waals surface area (Å²) in [5, 5.41) is 12.5. The van der Waals surface area contributed by atoms with Crippen molar-refractivity contribution in [1.82, 2.24) is 0 Å². The number of nitrogens with zero attached hydrogens (tertiary/aromatic N) is 1. The molecular formula is C16H12F2N2OS. The minimum Gasteiger partial charge on any atom is -0.312 e. The van der Waals surface area contributed by atoms with E-state index in [1.807, 2.05) is 0 Å². The SMILES string of the molecule is N#Cc1c(NC(=O)c2ccc(F)c(F)c2)sc2c1CCCC2. The van der Waals surface area contributed by atoms with Crippen LogP contribution in [0.15, 0.2) is 18.2 Å². The Morgan fingerprint density at radius 2 is 2.00 bits per heavy atom. The summed E-state index contributed by atoms with van der Waals surface area (Å²) in [6.07, 6.45) is 3.87. The van der Waals surface area contributed by atoms with E-state index < -0.39 is 17.5 Å². The fourth-order valence-electron chi connectivity index (χ4n) is 2.58. The number of rotatable bonds is 2. The number of thiophene rings is 1. The second-order valence-corrected chi connectivity index (χ2v) is 6.22. The van der Waals surface area contributed by atoms with Gasteiger partial charge < -0.3 is 5.32 Å². The van der Waals surface area contributed by atoms with Gasteiger partial charge in [0.1, 0.15) is 11.1 Å². The maximum absolute atomic E-state index is 13.2. The molecule has 3 rings (SSSR count). The topological polar surface area (TPSA) is 52.9 Å². The number of nitrogens with one attached hydrogen (secondary N) is 1. The molecule has 1 aliphatic rings. The summed E-state index contributed by atoms with van der Waals surface area (Å²) in [4.78, 5) is 13.3. The number of nitriles is 1. The molecule has 0 radical (unpaired) electrons. The van der Waals surface area contributed by atoms with Gasteiger partial charge in [0.2, 0.25) is 0 Å². The summed E-state index contributed by atoms with van der Waals surface area (Å²) in [5.41, 5.74) is 1.53. The van der Waals surface area contributed by atoms with Crippen LogP contribution >= 0.6 is 11.3 Å². The molecule has 1 aromatic carbocycles. The lowest BCUT2D eigenvalue weighted by atomic mass is 9.96. The highest BCUT2D eigenvalue weighted by Crippen LogP contribution is 2.37. The standard InChI is InChI=1S/C16H12F2N2OS/c17-12-6-5-9(7-13(12)18)15(21)20-16-11(8-19)10-3-1-2-4-14(10)22-16/h5-7H,1-4H2,(H,20,21). The first-order chi connectivity index (χ1) is 10.6. The molecule has 0 atom stereocenters. The average molecular weight is 318 g/mol. The van der Waals surface area contributed by atoms with Crippen LogP contribution in [-0.4, -0.2) is 5.91 Å². The smallest absolute Gasteiger partial charge is 0.256 e. The molecule has 0 saturated heterocycles. The van der Waals surface area contributed by atoms with E-state index in [1.165, 1.54) is 17.4 Å². The predicted octanol–water partition coefficient (Wildman–Crippen LogP) is 4.03. The van der Waals surface area contributed by atoms with Crippen molar-refractivity contribution >= 4 is 22.2 Å². The van der Waals surface area contributed by atoms with Crippen LogP contribution in [-0.2, 0) is 12.8 Å². The van der Waals surface area contributed by atoms with Crippen LogP contribution in [0.1, 0.15) is 39.2 Å². The van der Waals surface area contributed by atoms with Crippen molar-refractivity contribution in [1.29, 1.82) is 5.26 Å². The Labute approximate surface area is 130 Å². The summed E-state index contributed by atoms with van der Waals surface area (Å²) in [6.45, 7) is 0. The summed E-state index contributed by atoms with van der Waals surface area (Å²) in [6, 6.07) is 5.12. The second-order valence-electron chi connectivity index (χ2n) is 5.11.